The zero-order chi connectivity index (χ0) is 21.0. The molecule has 1 aromatic carbocycles. The largest absolute Gasteiger partial charge is 0.493 e. The summed E-state index contributed by atoms with van der Waals surface area (Å²) in [6, 6.07) is 11.6. The third-order valence-electron chi connectivity index (χ3n) is 5.96. The van der Waals surface area contributed by atoms with Crippen molar-refractivity contribution in [3.8, 4) is 17.4 Å². The van der Waals surface area contributed by atoms with Gasteiger partial charge in [-0.25, -0.2) is 4.98 Å². The highest BCUT2D eigenvalue weighted by atomic mass is 16.5. The van der Waals surface area contributed by atoms with Crippen LogP contribution in [0.3, 0.4) is 0 Å². The summed E-state index contributed by atoms with van der Waals surface area (Å²) in [6.07, 6.45) is 6.22. The Morgan fingerprint density at radius 2 is 1.81 bits per heavy atom. The quantitative estimate of drug-likeness (QED) is 0.585. The number of methoxy groups -OCH3 is 1. The number of aromatic nitrogens is 2. The Hall–Kier alpha value is -3.06. The van der Waals surface area contributed by atoms with Gasteiger partial charge < -0.3 is 18.8 Å². The number of benzene rings is 1. The Morgan fingerprint density at radius 1 is 0.968 bits per heavy atom. The molecular formula is C24H28N4O3. The van der Waals surface area contributed by atoms with Crippen molar-refractivity contribution in [3.05, 3.63) is 59.7 Å². The topological polar surface area (TPSA) is 63.9 Å². The average molecular weight is 421 g/mol. The summed E-state index contributed by atoms with van der Waals surface area (Å²) in [7, 11) is 1.65. The molecule has 1 saturated heterocycles. The molecule has 2 aliphatic rings. The number of piperidine rings is 1. The number of nitrogens with zero attached hydrogens (tertiary/aromatic N) is 4. The molecule has 2 aromatic heterocycles. The van der Waals surface area contributed by atoms with Gasteiger partial charge in [-0.05, 0) is 43.5 Å². The fourth-order valence-corrected chi connectivity index (χ4v) is 4.31. The fourth-order valence-electron chi connectivity index (χ4n) is 4.31. The van der Waals surface area contributed by atoms with E-state index in [1.165, 1.54) is 19.3 Å². The number of furan rings is 1. The van der Waals surface area contributed by atoms with Gasteiger partial charge in [0.15, 0.2) is 11.5 Å². The molecule has 0 amide bonds. The van der Waals surface area contributed by atoms with E-state index >= 15 is 0 Å². The molecule has 0 radical (unpaired) electrons. The summed E-state index contributed by atoms with van der Waals surface area (Å²) in [6.45, 7) is 4.41. The van der Waals surface area contributed by atoms with Crippen LogP contribution in [0.4, 0.5) is 5.95 Å². The van der Waals surface area contributed by atoms with Crippen LogP contribution in [-0.2, 0) is 19.5 Å². The summed E-state index contributed by atoms with van der Waals surface area (Å²) in [4.78, 5) is 14.5. The highest BCUT2D eigenvalue weighted by Gasteiger charge is 2.26. The van der Waals surface area contributed by atoms with Crippen LogP contribution in [0.15, 0.2) is 47.1 Å². The van der Waals surface area contributed by atoms with Gasteiger partial charge in [-0.15, -0.1) is 0 Å². The Morgan fingerprint density at radius 3 is 2.58 bits per heavy atom. The SMILES string of the molecule is COc1ccccc1Oc1nc(N2CCCCC2)nc2c1CN(Cc1ccco1)CC2. The highest BCUT2D eigenvalue weighted by Crippen LogP contribution is 2.36. The molecular weight excluding hydrogens is 392 g/mol. The number of ether oxygens (including phenoxy) is 2. The molecule has 1 fully saturated rings. The molecule has 31 heavy (non-hydrogen) atoms. The Kier molecular flexibility index (Phi) is 5.76. The first-order valence-corrected chi connectivity index (χ1v) is 11.0. The molecule has 162 valence electrons. The summed E-state index contributed by atoms with van der Waals surface area (Å²) in [5.74, 6) is 3.72. The highest BCUT2D eigenvalue weighted by molar-refractivity contribution is 5.47. The lowest BCUT2D eigenvalue weighted by molar-refractivity contribution is 0.219. The van der Waals surface area contributed by atoms with E-state index in [9.17, 15) is 0 Å². The van der Waals surface area contributed by atoms with Crippen molar-refractivity contribution in [1.29, 1.82) is 0 Å². The molecule has 4 heterocycles. The molecule has 7 nitrogen and oxygen atoms in total. The number of hydrogen-bond acceptors (Lipinski definition) is 7. The average Bonchev–Trinajstić information content (AvgIpc) is 3.33. The third-order valence-corrected chi connectivity index (χ3v) is 5.96. The minimum absolute atomic E-state index is 0.624. The third kappa shape index (κ3) is 4.37. The van der Waals surface area contributed by atoms with Crippen LogP contribution in [0, 0.1) is 0 Å². The van der Waals surface area contributed by atoms with E-state index in [-0.39, 0.29) is 0 Å². The van der Waals surface area contributed by atoms with Crippen molar-refractivity contribution < 1.29 is 13.9 Å². The van der Waals surface area contributed by atoms with Crippen LogP contribution < -0.4 is 14.4 Å². The first-order valence-electron chi connectivity index (χ1n) is 11.0. The fraction of sp³-hybridized carbons (Fsp3) is 0.417. The van der Waals surface area contributed by atoms with Gasteiger partial charge in [-0.2, -0.15) is 4.98 Å². The molecule has 7 heteroatoms. The summed E-state index contributed by atoms with van der Waals surface area (Å²) < 4.78 is 17.4. The van der Waals surface area contributed by atoms with Crippen molar-refractivity contribution in [2.75, 3.05) is 31.6 Å². The zero-order valence-corrected chi connectivity index (χ0v) is 17.9. The zero-order valence-electron chi connectivity index (χ0n) is 17.9. The molecule has 0 atom stereocenters. The van der Waals surface area contributed by atoms with Crippen LogP contribution in [0.5, 0.6) is 17.4 Å². The molecule has 0 bridgehead atoms. The van der Waals surface area contributed by atoms with E-state index in [0.29, 0.717) is 17.4 Å². The normalized spacial score (nSPS) is 16.7. The maximum atomic E-state index is 6.36. The van der Waals surface area contributed by atoms with Crippen molar-refractivity contribution in [2.24, 2.45) is 0 Å². The standard InChI is InChI=1S/C24H28N4O3/c1-29-21-9-3-4-10-22(21)31-23-19-17-27(16-18-8-7-15-30-18)14-11-20(19)25-24(26-23)28-12-5-2-6-13-28/h3-4,7-10,15H,2,5-6,11-14,16-17H2,1H3. The second kappa shape index (κ2) is 8.98. The molecule has 0 saturated carbocycles. The van der Waals surface area contributed by atoms with Gasteiger partial charge in [0.05, 0.1) is 31.2 Å². The van der Waals surface area contributed by atoms with Crippen molar-refractivity contribution in [1.82, 2.24) is 14.9 Å². The number of para-hydroxylation sites is 2. The first-order chi connectivity index (χ1) is 15.3. The lowest BCUT2D eigenvalue weighted by atomic mass is 10.1. The van der Waals surface area contributed by atoms with Gasteiger partial charge in [0.1, 0.15) is 5.76 Å². The second-order valence-corrected chi connectivity index (χ2v) is 8.09. The lowest BCUT2D eigenvalue weighted by Crippen LogP contribution is -2.34. The smallest absolute Gasteiger partial charge is 0.229 e. The molecule has 0 aliphatic carbocycles. The number of fused-ring (bicyclic) bond motifs is 1. The van der Waals surface area contributed by atoms with Crippen LogP contribution in [-0.4, -0.2) is 41.6 Å². The summed E-state index contributed by atoms with van der Waals surface area (Å²) >= 11 is 0. The molecule has 5 rings (SSSR count). The molecule has 0 spiro atoms. The van der Waals surface area contributed by atoms with Crippen molar-refractivity contribution in [2.45, 2.75) is 38.8 Å². The van der Waals surface area contributed by atoms with E-state index in [1.807, 2.05) is 36.4 Å². The number of anilines is 1. The van der Waals surface area contributed by atoms with E-state index in [4.69, 9.17) is 23.9 Å². The maximum Gasteiger partial charge on any atom is 0.229 e. The van der Waals surface area contributed by atoms with Gasteiger partial charge in [-0.1, -0.05) is 12.1 Å². The van der Waals surface area contributed by atoms with Gasteiger partial charge in [-0.3, -0.25) is 4.90 Å². The van der Waals surface area contributed by atoms with Crippen LogP contribution in [0.2, 0.25) is 0 Å². The van der Waals surface area contributed by atoms with Crippen LogP contribution >= 0.6 is 0 Å². The molecule has 3 aromatic rings. The molecule has 2 aliphatic heterocycles. The Bertz CT molecular complexity index is 1020. The predicted octanol–water partition coefficient (Wildman–Crippen LogP) is 4.42. The van der Waals surface area contributed by atoms with Crippen LogP contribution in [0.25, 0.3) is 0 Å². The number of rotatable bonds is 6. The first kappa shape index (κ1) is 19.9. The van der Waals surface area contributed by atoms with E-state index in [2.05, 4.69) is 9.80 Å². The maximum absolute atomic E-state index is 6.36. The summed E-state index contributed by atoms with van der Waals surface area (Å²) in [5.41, 5.74) is 2.13. The van der Waals surface area contributed by atoms with Gasteiger partial charge in [0, 0.05) is 32.6 Å². The molecule has 0 N–H and O–H groups in total. The summed E-state index contributed by atoms with van der Waals surface area (Å²) in [5, 5.41) is 0. The van der Waals surface area contributed by atoms with Gasteiger partial charge >= 0.3 is 0 Å². The Balaban J connectivity index is 1.48. The van der Waals surface area contributed by atoms with Crippen LogP contribution in [0.1, 0.15) is 36.3 Å². The predicted molar refractivity (Wildman–Crippen MR) is 118 cm³/mol. The minimum atomic E-state index is 0.624. The van der Waals surface area contributed by atoms with Gasteiger partial charge in [0.25, 0.3) is 0 Å². The van der Waals surface area contributed by atoms with Gasteiger partial charge in [0.2, 0.25) is 11.8 Å². The Labute approximate surface area is 182 Å². The van der Waals surface area contributed by atoms with Crippen molar-refractivity contribution >= 4 is 5.95 Å². The molecule has 0 unspecified atom stereocenters. The van der Waals surface area contributed by atoms with E-state index in [1.54, 1.807) is 13.4 Å². The minimum Gasteiger partial charge on any atom is -0.493 e. The number of hydrogen-bond donors (Lipinski definition) is 0. The van der Waals surface area contributed by atoms with E-state index in [0.717, 1.165) is 62.1 Å². The second-order valence-electron chi connectivity index (χ2n) is 8.09. The monoisotopic (exact) mass is 420 g/mol. The van der Waals surface area contributed by atoms with E-state index < -0.39 is 0 Å². The van der Waals surface area contributed by atoms with Crippen molar-refractivity contribution in [3.63, 3.8) is 0 Å². The lowest BCUT2D eigenvalue weighted by Gasteiger charge is -2.31.